The van der Waals surface area contributed by atoms with E-state index in [0.29, 0.717) is 26.4 Å². The van der Waals surface area contributed by atoms with Gasteiger partial charge in [0.25, 0.3) is 0 Å². The Balaban J connectivity index is 2.96. The molecule has 0 atom stereocenters. The number of nitrogens with one attached hydrogen (secondary N) is 1. The Morgan fingerprint density at radius 1 is 1.31 bits per heavy atom. The fraction of sp³-hybridized carbons (Fsp3) is 0.889. The molecule has 13 heavy (non-hydrogen) atoms. The second-order valence-corrected chi connectivity index (χ2v) is 3.01. The van der Waals surface area contributed by atoms with E-state index in [0.717, 1.165) is 0 Å². The molecule has 1 amide bonds. The number of hydrogen-bond acceptors (Lipinski definition) is 3. The van der Waals surface area contributed by atoms with Gasteiger partial charge in [-0.15, -0.1) is 0 Å². The predicted octanol–water partition coefficient (Wildman–Crippen LogP) is 0.564. The zero-order chi connectivity index (χ0) is 10.1. The SMILES string of the molecule is CC(=O)NCCOCCOC(C)C. The first kappa shape index (κ1) is 12.4. The van der Waals surface area contributed by atoms with Crippen molar-refractivity contribution in [2.75, 3.05) is 26.4 Å². The fourth-order valence-corrected chi connectivity index (χ4v) is 0.744. The smallest absolute Gasteiger partial charge is 0.216 e. The third-order valence-electron chi connectivity index (χ3n) is 1.30. The molecule has 0 saturated carbocycles. The maximum Gasteiger partial charge on any atom is 0.216 e. The minimum absolute atomic E-state index is 0.0259. The molecular formula is C9H19NO3. The van der Waals surface area contributed by atoms with Crippen LogP contribution in [0.3, 0.4) is 0 Å². The van der Waals surface area contributed by atoms with Crippen LogP contribution in [-0.2, 0) is 14.3 Å². The normalized spacial score (nSPS) is 10.5. The Hall–Kier alpha value is -0.610. The fourth-order valence-electron chi connectivity index (χ4n) is 0.744. The molecular weight excluding hydrogens is 170 g/mol. The molecule has 0 radical (unpaired) electrons. The van der Waals surface area contributed by atoms with Gasteiger partial charge < -0.3 is 14.8 Å². The summed E-state index contributed by atoms with van der Waals surface area (Å²) in [6.07, 6.45) is 0.249. The first-order valence-electron chi connectivity index (χ1n) is 4.56. The average molecular weight is 189 g/mol. The van der Waals surface area contributed by atoms with E-state index in [2.05, 4.69) is 5.32 Å². The summed E-state index contributed by atoms with van der Waals surface area (Å²) in [5.74, 6) is -0.0259. The summed E-state index contributed by atoms with van der Waals surface area (Å²) in [5.41, 5.74) is 0. The van der Waals surface area contributed by atoms with Crippen LogP contribution in [0, 0.1) is 0 Å². The Bertz CT molecular complexity index is 137. The predicted molar refractivity (Wildman–Crippen MR) is 50.6 cm³/mol. The van der Waals surface area contributed by atoms with Gasteiger partial charge in [0.1, 0.15) is 0 Å². The molecule has 0 aromatic rings. The number of amides is 1. The molecule has 0 aromatic heterocycles. The zero-order valence-corrected chi connectivity index (χ0v) is 8.63. The standard InChI is InChI=1S/C9H19NO3/c1-8(2)13-7-6-12-5-4-10-9(3)11/h8H,4-7H2,1-3H3,(H,10,11). The van der Waals surface area contributed by atoms with Gasteiger partial charge in [-0.05, 0) is 13.8 Å². The highest BCUT2D eigenvalue weighted by Crippen LogP contribution is 1.86. The van der Waals surface area contributed by atoms with Crippen molar-refractivity contribution < 1.29 is 14.3 Å². The van der Waals surface area contributed by atoms with E-state index in [1.54, 1.807) is 0 Å². The van der Waals surface area contributed by atoms with Gasteiger partial charge in [-0.1, -0.05) is 0 Å². The van der Waals surface area contributed by atoms with E-state index in [1.165, 1.54) is 6.92 Å². The summed E-state index contributed by atoms with van der Waals surface area (Å²) in [5, 5.41) is 2.64. The summed E-state index contributed by atoms with van der Waals surface area (Å²) < 4.78 is 10.5. The Morgan fingerprint density at radius 2 is 2.00 bits per heavy atom. The maximum absolute atomic E-state index is 10.4. The summed E-state index contributed by atoms with van der Waals surface area (Å²) in [6, 6.07) is 0. The molecule has 0 heterocycles. The lowest BCUT2D eigenvalue weighted by molar-refractivity contribution is -0.119. The van der Waals surface area contributed by atoms with Gasteiger partial charge in [0, 0.05) is 13.5 Å². The van der Waals surface area contributed by atoms with Gasteiger partial charge >= 0.3 is 0 Å². The quantitative estimate of drug-likeness (QED) is 0.595. The highest BCUT2D eigenvalue weighted by atomic mass is 16.5. The lowest BCUT2D eigenvalue weighted by Gasteiger charge is -2.07. The third kappa shape index (κ3) is 11.4. The van der Waals surface area contributed by atoms with Crippen LogP contribution < -0.4 is 5.32 Å². The van der Waals surface area contributed by atoms with Crippen LogP contribution in [0.1, 0.15) is 20.8 Å². The molecule has 0 aliphatic rings. The van der Waals surface area contributed by atoms with Gasteiger partial charge in [-0.3, -0.25) is 4.79 Å². The highest BCUT2D eigenvalue weighted by molar-refractivity contribution is 5.72. The summed E-state index contributed by atoms with van der Waals surface area (Å²) in [6.45, 7) is 7.75. The molecule has 78 valence electrons. The third-order valence-corrected chi connectivity index (χ3v) is 1.30. The van der Waals surface area contributed by atoms with Gasteiger partial charge in [0.2, 0.25) is 5.91 Å². The molecule has 0 aliphatic heterocycles. The molecule has 0 saturated heterocycles. The maximum atomic E-state index is 10.4. The van der Waals surface area contributed by atoms with E-state index in [9.17, 15) is 4.79 Å². The first-order chi connectivity index (χ1) is 6.13. The Kier molecular flexibility index (Phi) is 7.63. The van der Waals surface area contributed by atoms with Gasteiger partial charge in [0.15, 0.2) is 0 Å². The summed E-state index contributed by atoms with van der Waals surface area (Å²) in [7, 11) is 0. The Morgan fingerprint density at radius 3 is 2.54 bits per heavy atom. The van der Waals surface area contributed by atoms with E-state index >= 15 is 0 Å². The first-order valence-corrected chi connectivity index (χ1v) is 4.56. The summed E-state index contributed by atoms with van der Waals surface area (Å²) in [4.78, 5) is 10.4. The van der Waals surface area contributed by atoms with Crippen LogP contribution >= 0.6 is 0 Å². The van der Waals surface area contributed by atoms with Gasteiger partial charge in [0.05, 0.1) is 25.9 Å². The van der Waals surface area contributed by atoms with Gasteiger partial charge in [-0.25, -0.2) is 0 Å². The monoisotopic (exact) mass is 189 g/mol. The largest absolute Gasteiger partial charge is 0.377 e. The van der Waals surface area contributed by atoms with E-state index in [1.807, 2.05) is 13.8 Å². The highest BCUT2D eigenvalue weighted by Gasteiger charge is 1.93. The number of carbonyl (C=O) groups excluding carboxylic acids is 1. The van der Waals surface area contributed by atoms with Crippen molar-refractivity contribution in [1.82, 2.24) is 5.32 Å². The van der Waals surface area contributed by atoms with Crippen molar-refractivity contribution in [3.8, 4) is 0 Å². The van der Waals surface area contributed by atoms with Crippen LogP contribution in [0.5, 0.6) is 0 Å². The van der Waals surface area contributed by atoms with Crippen molar-refractivity contribution in [2.45, 2.75) is 26.9 Å². The average Bonchev–Trinajstić information content (AvgIpc) is 2.01. The second kappa shape index (κ2) is 8.01. The molecule has 0 bridgehead atoms. The summed E-state index contributed by atoms with van der Waals surface area (Å²) >= 11 is 0. The zero-order valence-electron chi connectivity index (χ0n) is 8.63. The lowest BCUT2D eigenvalue weighted by Crippen LogP contribution is -2.25. The topological polar surface area (TPSA) is 47.6 Å². The van der Waals surface area contributed by atoms with Crippen molar-refractivity contribution >= 4 is 5.91 Å². The lowest BCUT2D eigenvalue weighted by atomic mass is 10.5. The van der Waals surface area contributed by atoms with Crippen molar-refractivity contribution in [3.63, 3.8) is 0 Å². The number of carbonyl (C=O) groups is 1. The van der Waals surface area contributed by atoms with E-state index in [4.69, 9.17) is 9.47 Å². The van der Waals surface area contributed by atoms with Crippen LogP contribution in [0.15, 0.2) is 0 Å². The molecule has 0 spiro atoms. The van der Waals surface area contributed by atoms with E-state index < -0.39 is 0 Å². The molecule has 0 aliphatic carbocycles. The molecule has 1 N–H and O–H groups in total. The molecule has 0 rings (SSSR count). The molecule has 4 heteroatoms. The molecule has 0 aromatic carbocycles. The van der Waals surface area contributed by atoms with Crippen LogP contribution in [0.2, 0.25) is 0 Å². The van der Waals surface area contributed by atoms with Crippen molar-refractivity contribution in [2.24, 2.45) is 0 Å². The number of ether oxygens (including phenoxy) is 2. The van der Waals surface area contributed by atoms with Crippen LogP contribution in [0.4, 0.5) is 0 Å². The molecule has 0 unspecified atom stereocenters. The van der Waals surface area contributed by atoms with E-state index in [-0.39, 0.29) is 12.0 Å². The number of hydrogen-bond donors (Lipinski definition) is 1. The molecule has 0 fully saturated rings. The van der Waals surface area contributed by atoms with Gasteiger partial charge in [-0.2, -0.15) is 0 Å². The minimum atomic E-state index is -0.0259. The van der Waals surface area contributed by atoms with Crippen LogP contribution in [-0.4, -0.2) is 38.4 Å². The number of rotatable bonds is 7. The van der Waals surface area contributed by atoms with Crippen molar-refractivity contribution in [1.29, 1.82) is 0 Å². The molecule has 4 nitrogen and oxygen atoms in total. The Labute approximate surface area is 79.6 Å². The minimum Gasteiger partial charge on any atom is -0.377 e. The van der Waals surface area contributed by atoms with Crippen LogP contribution in [0.25, 0.3) is 0 Å². The van der Waals surface area contributed by atoms with Crippen molar-refractivity contribution in [3.05, 3.63) is 0 Å². The second-order valence-electron chi connectivity index (χ2n) is 3.01.